The second kappa shape index (κ2) is 10.00. The lowest BCUT2D eigenvalue weighted by molar-refractivity contribution is 1.07. The second-order valence-corrected chi connectivity index (χ2v) is 12.1. The molecule has 0 aliphatic heterocycles. The summed E-state index contributed by atoms with van der Waals surface area (Å²) in [5, 5.41) is 5.27. The molecule has 0 aromatic heterocycles. The molecule has 8 rings (SSSR count). The standard InChI is InChI=1S/C42H34/c1-27-25-31-15-9-21-39(37-19-7-13-29-11-3-5-17-35(29)37)41(31)33(27)23-24-34-28(2)26-32-16-10-22-40(42(32)34)38-20-8-14-30-12-4-6-18-36(30)38/h3-22H,23-26H2,1-2H3. The number of hydrogen-bond acceptors (Lipinski definition) is 0. The van der Waals surface area contributed by atoms with E-state index in [4.69, 9.17) is 0 Å². The Balaban J connectivity index is 1.19. The molecule has 6 aromatic rings. The normalized spacial score (nSPS) is 14.2. The third-order valence-corrected chi connectivity index (χ3v) is 9.63. The van der Waals surface area contributed by atoms with Gasteiger partial charge in [-0.1, -0.05) is 132 Å². The molecular formula is C42H34. The van der Waals surface area contributed by atoms with Gasteiger partial charge in [-0.2, -0.15) is 0 Å². The van der Waals surface area contributed by atoms with Crippen LogP contribution in [0.1, 0.15) is 48.9 Å². The highest BCUT2D eigenvalue weighted by molar-refractivity contribution is 6.02. The Bertz CT molecular complexity index is 1940. The molecule has 0 saturated heterocycles. The Morgan fingerprint density at radius 2 is 0.786 bits per heavy atom. The minimum Gasteiger partial charge on any atom is -0.0651 e. The van der Waals surface area contributed by atoms with Gasteiger partial charge in [0.15, 0.2) is 0 Å². The minimum atomic E-state index is 1.05. The van der Waals surface area contributed by atoms with Crippen LogP contribution in [0.3, 0.4) is 0 Å². The molecule has 0 spiro atoms. The first kappa shape index (κ1) is 25.1. The third kappa shape index (κ3) is 3.97. The molecule has 202 valence electrons. The van der Waals surface area contributed by atoms with Crippen LogP contribution in [0.4, 0.5) is 0 Å². The number of benzene rings is 6. The van der Waals surface area contributed by atoms with Gasteiger partial charge in [-0.3, -0.25) is 0 Å². The van der Waals surface area contributed by atoms with Gasteiger partial charge in [0.1, 0.15) is 0 Å². The molecule has 0 radical (unpaired) electrons. The monoisotopic (exact) mass is 538 g/mol. The van der Waals surface area contributed by atoms with Crippen molar-refractivity contribution in [2.75, 3.05) is 0 Å². The van der Waals surface area contributed by atoms with E-state index in [9.17, 15) is 0 Å². The summed E-state index contributed by atoms with van der Waals surface area (Å²) in [6, 6.07) is 45.0. The first-order valence-electron chi connectivity index (χ1n) is 15.3. The van der Waals surface area contributed by atoms with Crippen LogP contribution in [0.25, 0.3) is 54.9 Å². The molecule has 0 heteroatoms. The highest BCUT2D eigenvalue weighted by atomic mass is 14.3. The average molecular weight is 539 g/mol. The second-order valence-electron chi connectivity index (χ2n) is 12.1. The maximum Gasteiger partial charge on any atom is -0.00576 e. The quantitative estimate of drug-likeness (QED) is 0.205. The Kier molecular flexibility index (Phi) is 5.97. The van der Waals surface area contributed by atoms with Crippen LogP contribution in [-0.2, 0) is 12.8 Å². The fraction of sp³-hybridized carbons (Fsp3) is 0.143. The molecule has 2 aliphatic carbocycles. The Morgan fingerprint density at radius 3 is 1.26 bits per heavy atom. The van der Waals surface area contributed by atoms with Gasteiger partial charge in [-0.25, -0.2) is 0 Å². The van der Waals surface area contributed by atoms with Crippen molar-refractivity contribution in [3.63, 3.8) is 0 Å². The average Bonchev–Trinajstić information content (AvgIpc) is 3.53. The van der Waals surface area contributed by atoms with E-state index in [1.165, 1.54) is 77.2 Å². The number of hydrogen-bond donors (Lipinski definition) is 0. The Hall–Kier alpha value is -4.68. The summed E-state index contributed by atoms with van der Waals surface area (Å²) in [4.78, 5) is 0. The lowest BCUT2D eigenvalue weighted by atomic mass is 9.86. The van der Waals surface area contributed by atoms with Gasteiger partial charge in [-0.05, 0) is 117 Å². The molecule has 6 aromatic carbocycles. The van der Waals surface area contributed by atoms with Crippen molar-refractivity contribution in [1.82, 2.24) is 0 Å². The lowest BCUT2D eigenvalue weighted by Gasteiger charge is -2.18. The highest BCUT2D eigenvalue weighted by Crippen LogP contribution is 2.47. The maximum absolute atomic E-state index is 2.35. The predicted molar refractivity (Wildman–Crippen MR) is 181 cm³/mol. The van der Waals surface area contributed by atoms with Crippen LogP contribution in [0.15, 0.2) is 132 Å². The summed E-state index contributed by atoms with van der Waals surface area (Å²) in [7, 11) is 0. The van der Waals surface area contributed by atoms with Gasteiger partial charge < -0.3 is 0 Å². The zero-order valence-electron chi connectivity index (χ0n) is 24.4. The molecule has 0 unspecified atom stereocenters. The van der Waals surface area contributed by atoms with Gasteiger partial charge >= 0.3 is 0 Å². The van der Waals surface area contributed by atoms with Crippen molar-refractivity contribution in [2.24, 2.45) is 0 Å². The van der Waals surface area contributed by atoms with E-state index in [1.54, 1.807) is 11.1 Å². The smallest absolute Gasteiger partial charge is 0.00576 e. The summed E-state index contributed by atoms with van der Waals surface area (Å²) in [5.41, 5.74) is 17.5. The molecule has 0 atom stereocenters. The molecule has 0 fully saturated rings. The van der Waals surface area contributed by atoms with Crippen molar-refractivity contribution in [2.45, 2.75) is 39.5 Å². The number of rotatable bonds is 5. The van der Waals surface area contributed by atoms with Crippen LogP contribution in [0.5, 0.6) is 0 Å². The molecule has 0 heterocycles. The minimum absolute atomic E-state index is 1.05. The van der Waals surface area contributed by atoms with Crippen LogP contribution < -0.4 is 0 Å². The molecule has 2 aliphatic rings. The van der Waals surface area contributed by atoms with Crippen molar-refractivity contribution in [3.8, 4) is 22.3 Å². The SMILES string of the molecule is CC1=C(CCC2=C(C)Cc3cccc(-c4cccc5ccccc45)c32)c2c(cccc2-c2cccc3ccccc23)C1. The van der Waals surface area contributed by atoms with Gasteiger partial charge in [0.25, 0.3) is 0 Å². The molecule has 0 amide bonds. The maximum atomic E-state index is 2.35. The van der Waals surface area contributed by atoms with E-state index in [2.05, 4.69) is 135 Å². The zero-order valence-corrected chi connectivity index (χ0v) is 24.4. The van der Waals surface area contributed by atoms with Gasteiger partial charge in [0.05, 0.1) is 0 Å². The number of fused-ring (bicyclic) bond motifs is 4. The first-order valence-corrected chi connectivity index (χ1v) is 15.3. The van der Waals surface area contributed by atoms with Crippen LogP contribution in [0.2, 0.25) is 0 Å². The molecule has 0 nitrogen and oxygen atoms in total. The summed E-state index contributed by atoms with van der Waals surface area (Å²) in [6.45, 7) is 4.71. The van der Waals surface area contributed by atoms with Crippen molar-refractivity contribution in [3.05, 3.63) is 155 Å². The number of allylic oxidation sites excluding steroid dienone is 4. The zero-order chi connectivity index (χ0) is 28.2. The Morgan fingerprint density at radius 1 is 0.405 bits per heavy atom. The van der Waals surface area contributed by atoms with E-state index in [1.807, 2.05) is 0 Å². The van der Waals surface area contributed by atoms with Crippen LogP contribution in [0, 0.1) is 0 Å². The van der Waals surface area contributed by atoms with E-state index in [-0.39, 0.29) is 0 Å². The van der Waals surface area contributed by atoms with Crippen molar-refractivity contribution >= 4 is 32.7 Å². The van der Waals surface area contributed by atoms with Crippen LogP contribution >= 0.6 is 0 Å². The summed E-state index contributed by atoms with van der Waals surface area (Å²) in [6.07, 6.45) is 4.24. The molecule has 0 bridgehead atoms. The van der Waals surface area contributed by atoms with E-state index in [0.29, 0.717) is 0 Å². The van der Waals surface area contributed by atoms with Gasteiger partial charge in [0, 0.05) is 0 Å². The summed E-state index contributed by atoms with van der Waals surface area (Å²) >= 11 is 0. The summed E-state index contributed by atoms with van der Waals surface area (Å²) in [5.74, 6) is 0. The Labute approximate surface area is 248 Å². The molecule has 42 heavy (non-hydrogen) atoms. The highest BCUT2D eigenvalue weighted by Gasteiger charge is 2.27. The fourth-order valence-electron chi connectivity index (χ4n) is 7.72. The molecule has 0 saturated carbocycles. The molecule has 0 N–H and O–H groups in total. The molecular weight excluding hydrogens is 504 g/mol. The lowest BCUT2D eigenvalue weighted by Crippen LogP contribution is -1.95. The largest absolute Gasteiger partial charge is 0.0651 e. The third-order valence-electron chi connectivity index (χ3n) is 9.63. The van der Waals surface area contributed by atoms with E-state index in [0.717, 1.165) is 25.7 Å². The summed E-state index contributed by atoms with van der Waals surface area (Å²) < 4.78 is 0. The predicted octanol–water partition coefficient (Wildman–Crippen LogP) is 11.5. The van der Waals surface area contributed by atoms with E-state index < -0.39 is 0 Å². The van der Waals surface area contributed by atoms with E-state index >= 15 is 0 Å². The topological polar surface area (TPSA) is 0 Å². The van der Waals surface area contributed by atoms with Crippen molar-refractivity contribution < 1.29 is 0 Å². The fourth-order valence-corrected chi connectivity index (χ4v) is 7.72. The van der Waals surface area contributed by atoms with Gasteiger partial charge in [-0.15, -0.1) is 0 Å². The first-order chi connectivity index (χ1) is 20.7. The van der Waals surface area contributed by atoms with Gasteiger partial charge in [0.2, 0.25) is 0 Å². The van der Waals surface area contributed by atoms with Crippen LogP contribution in [-0.4, -0.2) is 0 Å². The van der Waals surface area contributed by atoms with Crippen molar-refractivity contribution in [1.29, 1.82) is 0 Å².